The van der Waals surface area contributed by atoms with E-state index >= 15 is 0 Å². The van der Waals surface area contributed by atoms with Crippen LogP contribution in [0.15, 0.2) is 23.1 Å². The Kier molecular flexibility index (Phi) is 4.39. The molecule has 1 fully saturated rings. The van der Waals surface area contributed by atoms with Crippen molar-refractivity contribution in [1.29, 1.82) is 0 Å². The zero-order valence-corrected chi connectivity index (χ0v) is 13.3. The van der Waals surface area contributed by atoms with Crippen LogP contribution < -0.4 is 5.73 Å². The van der Waals surface area contributed by atoms with Gasteiger partial charge in [0.2, 0.25) is 10.0 Å². The molecule has 0 radical (unpaired) electrons. The van der Waals surface area contributed by atoms with E-state index in [9.17, 15) is 8.42 Å². The summed E-state index contributed by atoms with van der Waals surface area (Å²) >= 11 is 0. The zero-order chi connectivity index (χ0) is 14.9. The summed E-state index contributed by atoms with van der Waals surface area (Å²) in [5, 5.41) is 0. The third-order valence-electron chi connectivity index (χ3n) is 3.56. The Hall–Kier alpha value is -1.07. The van der Waals surface area contributed by atoms with Crippen molar-refractivity contribution < 1.29 is 8.42 Å². The number of nitrogen functional groups attached to an aromatic ring is 1. The van der Waals surface area contributed by atoms with Crippen molar-refractivity contribution in [2.45, 2.75) is 51.0 Å². The molecule has 2 rings (SSSR count). The van der Waals surface area contributed by atoms with Crippen molar-refractivity contribution in [3.8, 4) is 0 Å². The summed E-state index contributed by atoms with van der Waals surface area (Å²) in [4.78, 5) is 0.382. The molecule has 2 N–H and O–H groups in total. The number of nitrogens with two attached hydrogens (primary N) is 1. The van der Waals surface area contributed by atoms with E-state index in [-0.39, 0.29) is 6.04 Å². The maximum atomic E-state index is 13.0. The van der Waals surface area contributed by atoms with Gasteiger partial charge in [0.15, 0.2) is 0 Å². The topological polar surface area (TPSA) is 63.4 Å². The van der Waals surface area contributed by atoms with Gasteiger partial charge in [0.05, 0.1) is 4.90 Å². The molecule has 0 bridgehead atoms. The first kappa shape index (κ1) is 15.3. The van der Waals surface area contributed by atoms with Gasteiger partial charge in [0.1, 0.15) is 0 Å². The lowest BCUT2D eigenvalue weighted by Gasteiger charge is -2.25. The summed E-state index contributed by atoms with van der Waals surface area (Å²) in [6, 6.07) is 5.36. The molecule has 1 aromatic rings. The van der Waals surface area contributed by atoms with Crippen LogP contribution in [0.3, 0.4) is 0 Å². The average molecular weight is 296 g/mol. The number of aryl methyl sites for hydroxylation is 1. The van der Waals surface area contributed by atoms with Crippen LogP contribution in [0.2, 0.25) is 0 Å². The average Bonchev–Trinajstić information content (AvgIpc) is 3.19. The predicted molar refractivity (Wildman–Crippen MR) is 82.0 cm³/mol. The van der Waals surface area contributed by atoms with Crippen LogP contribution in [0.5, 0.6) is 0 Å². The molecule has 1 aromatic carbocycles. The first-order valence-corrected chi connectivity index (χ1v) is 8.70. The van der Waals surface area contributed by atoms with E-state index in [1.165, 1.54) is 0 Å². The van der Waals surface area contributed by atoms with Gasteiger partial charge >= 0.3 is 0 Å². The van der Waals surface area contributed by atoms with E-state index in [0.29, 0.717) is 29.5 Å². The van der Waals surface area contributed by atoms with E-state index in [2.05, 4.69) is 0 Å². The van der Waals surface area contributed by atoms with E-state index in [0.717, 1.165) is 18.4 Å². The summed E-state index contributed by atoms with van der Waals surface area (Å²) in [7, 11) is -3.44. The summed E-state index contributed by atoms with van der Waals surface area (Å²) in [5.74, 6) is 0.316. The van der Waals surface area contributed by atoms with Crippen molar-refractivity contribution in [2.24, 2.45) is 5.92 Å². The van der Waals surface area contributed by atoms with Gasteiger partial charge < -0.3 is 5.73 Å². The number of nitrogens with zero attached hydrogens (tertiary/aromatic N) is 1. The molecule has 0 aromatic heterocycles. The zero-order valence-electron chi connectivity index (χ0n) is 12.5. The summed E-state index contributed by atoms with van der Waals surface area (Å²) < 4.78 is 27.6. The number of sulfonamides is 1. The van der Waals surface area contributed by atoms with Gasteiger partial charge in [-0.05, 0) is 42.9 Å². The van der Waals surface area contributed by atoms with Crippen LogP contribution in [0.4, 0.5) is 5.69 Å². The van der Waals surface area contributed by atoms with Gasteiger partial charge in [-0.2, -0.15) is 4.31 Å². The molecule has 0 spiro atoms. The van der Waals surface area contributed by atoms with Crippen molar-refractivity contribution in [3.63, 3.8) is 0 Å². The summed E-state index contributed by atoms with van der Waals surface area (Å²) in [6.07, 6.45) is 2.63. The fraction of sp³-hybridized carbons (Fsp3) is 0.600. The number of anilines is 1. The number of hydrogen-bond donors (Lipinski definition) is 1. The normalized spacial score (nSPS) is 16.1. The van der Waals surface area contributed by atoms with Crippen molar-refractivity contribution in [3.05, 3.63) is 23.8 Å². The molecule has 1 saturated carbocycles. The molecule has 0 unspecified atom stereocenters. The van der Waals surface area contributed by atoms with Crippen LogP contribution in [0.25, 0.3) is 0 Å². The highest BCUT2D eigenvalue weighted by Gasteiger charge is 2.39. The molecule has 0 aliphatic heterocycles. The highest BCUT2D eigenvalue weighted by Crippen LogP contribution is 2.34. The standard InChI is InChI=1S/C15H24N2O2S/c1-4-12-5-6-13(16)9-15(12)20(18,19)17(10-11(2)3)14-7-8-14/h5-6,9,11,14H,4,7-8,10,16H2,1-3H3. The fourth-order valence-corrected chi connectivity index (χ4v) is 4.57. The second-order valence-electron chi connectivity index (χ2n) is 5.92. The van der Waals surface area contributed by atoms with Gasteiger partial charge in [-0.15, -0.1) is 0 Å². The molecule has 0 heterocycles. The lowest BCUT2D eigenvalue weighted by Crippen LogP contribution is -2.36. The van der Waals surface area contributed by atoms with Gasteiger partial charge in [-0.3, -0.25) is 0 Å². The van der Waals surface area contributed by atoms with Gasteiger partial charge in [0, 0.05) is 18.3 Å². The molecule has 20 heavy (non-hydrogen) atoms. The molecule has 0 saturated heterocycles. The Morgan fingerprint density at radius 3 is 2.50 bits per heavy atom. The minimum absolute atomic E-state index is 0.175. The summed E-state index contributed by atoms with van der Waals surface area (Å²) in [6.45, 7) is 6.63. The quantitative estimate of drug-likeness (QED) is 0.821. The van der Waals surface area contributed by atoms with Crippen LogP contribution in [-0.2, 0) is 16.4 Å². The monoisotopic (exact) mass is 296 g/mol. The highest BCUT2D eigenvalue weighted by molar-refractivity contribution is 7.89. The lowest BCUT2D eigenvalue weighted by atomic mass is 10.1. The second kappa shape index (κ2) is 5.74. The van der Waals surface area contributed by atoms with Gasteiger partial charge in [-0.1, -0.05) is 26.8 Å². The molecule has 1 aliphatic rings. The Balaban J connectivity index is 2.44. The SMILES string of the molecule is CCc1ccc(N)cc1S(=O)(=O)N(CC(C)C)C1CC1. The first-order valence-electron chi connectivity index (χ1n) is 7.26. The molecular formula is C15H24N2O2S. The Bertz CT molecular complexity index is 578. The number of hydrogen-bond acceptors (Lipinski definition) is 3. The molecule has 0 atom stereocenters. The predicted octanol–water partition coefficient (Wildman–Crippen LogP) is 2.64. The second-order valence-corrected chi connectivity index (χ2v) is 7.78. The first-order chi connectivity index (χ1) is 9.36. The fourth-order valence-electron chi connectivity index (χ4n) is 2.40. The Morgan fingerprint density at radius 2 is 2.00 bits per heavy atom. The third-order valence-corrected chi connectivity index (χ3v) is 5.56. The minimum Gasteiger partial charge on any atom is -0.399 e. The van der Waals surface area contributed by atoms with Crippen LogP contribution in [-0.4, -0.2) is 25.3 Å². The van der Waals surface area contributed by atoms with E-state index < -0.39 is 10.0 Å². The molecule has 112 valence electrons. The van der Waals surface area contributed by atoms with Gasteiger partial charge in [-0.25, -0.2) is 8.42 Å². The van der Waals surface area contributed by atoms with E-state index in [4.69, 9.17) is 5.73 Å². The third kappa shape index (κ3) is 3.15. The molecule has 5 heteroatoms. The molecule has 0 amide bonds. The highest BCUT2D eigenvalue weighted by atomic mass is 32.2. The molecule has 1 aliphatic carbocycles. The number of benzene rings is 1. The maximum absolute atomic E-state index is 13.0. The smallest absolute Gasteiger partial charge is 0.243 e. The molecule has 4 nitrogen and oxygen atoms in total. The largest absolute Gasteiger partial charge is 0.399 e. The Labute approximate surface area is 122 Å². The molecular weight excluding hydrogens is 272 g/mol. The van der Waals surface area contributed by atoms with Crippen molar-refractivity contribution in [1.82, 2.24) is 4.31 Å². The van der Waals surface area contributed by atoms with Crippen molar-refractivity contribution >= 4 is 15.7 Å². The maximum Gasteiger partial charge on any atom is 0.243 e. The lowest BCUT2D eigenvalue weighted by molar-refractivity contribution is 0.360. The number of rotatable bonds is 6. The van der Waals surface area contributed by atoms with E-state index in [1.807, 2.05) is 26.8 Å². The van der Waals surface area contributed by atoms with Gasteiger partial charge in [0.25, 0.3) is 0 Å². The minimum atomic E-state index is -3.44. The Morgan fingerprint density at radius 1 is 1.35 bits per heavy atom. The van der Waals surface area contributed by atoms with Crippen LogP contribution >= 0.6 is 0 Å². The van der Waals surface area contributed by atoms with E-state index in [1.54, 1.807) is 16.4 Å². The summed E-state index contributed by atoms with van der Waals surface area (Å²) in [5.41, 5.74) is 7.13. The van der Waals surface area contributed by atoms with Crippen molar-refractivity contribution in [2.75, 3.05) is 12.3 Å². The van der Waals surface area contributed by atoms with Crippen LogP contribution in [0.1, 0.15) is 39.2 Å². The van der Waals surface area contributed by atoms with Crippen LogP contribution in [0, 0.1) is 5.92 Å².